The highest BCUT2D eigenvalue weighted by Crippen LogP contribution is 2.45. The summed E-state index contributed by atoms with van der Waals surface area (Å²) in [5, 5.41) is 0. The summed E-state index contributed by atoms with van der Waals surface area (Å²) in [6.07, 6.45) is 1.93. The molecule has 0 amide bonds. The van der Waals surface area contributed by atoms with Gasteiger partial charge in [-0.1, -0.05) is 12.1 Å². The number of carbonyl (C=O) groups excluding carboxylic acids is 1. The van der Waals surface area contributed by atoms with Gasteiger partial charge < -0.3 is 23.5 Å². The summed E-state index contributed by atoms with van der Waals surface area (Å²) >= 11 is -1.10. The average molecular weight is 567 g/mol. The van der Waals surface area contributed by atoms with E-state index in [2.05, 4.69) is 0 Å². The molecule has 3 atom stereocenters. The molecule has 212 valence electrons. The standard InChI is InChI=1S/C32H35FO6S/c1-19-14-23(40(35)13-5-12-36-3)15-20(2)31(19)25-8-10-27(33)32-26(25)9-11-28(32)39-22-6-7-24-21(16-30(34)37-4)18-38-29(24)17-22/h6-8,10,14-15,17,21,28H,5,9,11-13,16,18H2,1-4H3/t21-,28-,40?/m1/s1. The monoisotopic (exact) mass is 566 g/mol. The van der Waals surface area contributed by atoms with Crippen LogP contribution in [-0.4, -0.2) is 43.7 Å². The summed E-state index contributed by atoms with van der Waals surface area (Å²) < 4.78 is 50.2. The van der Waals surface area contributed by atoms with Gasteiger partial charge in [0, 0.05) is 36.6 Å². The number of benzene rings is 3. The van der Waals surface area contributed by atoms with E-state index in [1.54, 1.807) is 7.11 Å². The van der Waals surface area contributed by atoms with Crippen LogP contribution >= 0.6 is 0 Å². The highest BCUT2D eigenvalue weighted by atomic mass is 32.2. The van der Waals surface area contributed by atoms with Crippen LogP contribution < -0.4 is 9.47 Å². The van der Waals surface area contributed by atoms with Crippen molar-refractivity contribution in [2.24, 2.45) is 0 Å². The van der Waals surface area contributed by atoms with Gasteiger partial charge in [0.15, 0.2) is 4.90 Å². The number of esters is 1. The highest BCUT2D eigenvalue weighted by Gasteiger charge is 2.32. The van der Waals surface area contributed by atoms with Gasteiger partial charge in [-0.3, -0.25) is 4.79 Å². The molecule has 3 aromatic rings. The van der Waals surface area contributed by atoms with E-state index in [0.29, 0.717) is 48.9 Å². The SMILES string of the molecule is COCCC[S+]([O-])c1cc(C)c(-c2ccc(F)c3c2CC[C@H]3Oc2ccc3c(c2)OC[C@H]3CC(=O)OC)c(C)c1. The lowest BCUT2D eigenvalue weighted by molar-refractivity contribution is -0.141. The molecule has 3 aromatic carbocycles. The molecule has 6 nitrogen and oxygen atoms in total. The second-order valence-electron chi connectivity index (χ2n) is 10.4. The van der Waals surface area contributed by atoms with Crippen molar-refractivity contribution < 1.29 is 32.7 Å². The van der Waals surface area contributed by atoms with Crippen molar-refractivity contribution >= 4 is 17.1 Å². The lowest BCUT2D eigenvalue weighted by Gasteiger charge is -2.19. The molecule has 0 spiro atoms. The minimum Gasteiger partial charge on any atom is -0.611 e. The molecule has 0 fully saturated rings. The molecule has 5 rings (SSSR count). The van der Waals surface area contributed by atoms with Gasteiger partial charge in [0.05, 0.1) is 26.7 Å². The van der Waals surface area contributed by atoms with Gasteiger partial charge in [0.25, 0.3) is 0 Å². The van der Waals surface area contributed by atoms with Gasteiger partial charge >= 0.3 is 5.97 Å². The Labute approximate surface area is 238 Å². The molecule has 2 aliphatic rings. The normalized spacial score (nSPS) is 18.1. The van der Waals surface area contributed by atoms with E-state index in [4.69, 9.17) is 18.9 Å². The van der Waals surface area contributed by atoms with Crippen molar-refractivity contribution in [1.29, 1.82) is 0 Å². The maximum Gasteiger partial charge on any atom is 0.306 e. The number of ether oxygens (including phenoxy) is 4. The third kappa shape index (κ3) is 5.71. The lowest BCUT2D eigenvalue weighted by Crippen LogP contribution is -2.10. The molecule has 8 heteroatoms. The van der Waals surface area contributed by atoms with Gasteiger partial charge in [-0.25, -0.2) is 4.39 Å². The Morgan fingerprint density at radius 3 is 2.62 bits per heavy atom. The lowest BCUT2D eigenvalue weighted by atomic mass is 9.90. The third-order valence-electron chi connectivity index (χ3n) is 7.78. The number of rotatable bonds is 10. The molecule has 1 aliphatic heterocycles. The van der Waals surface area contributed by atoms with E-state index in [-0.39, 0.29) is 24.1 Å². The van der Waals surface area contributed by atoms with Crippen LogP contribution in [0.4, 0.5) is 4.39 Å². The summed E-state index contributed by atoms with van der Waals surface area (Å²) in [6.45, 7) is 5.04. The fraction of sp³-hybridized carbons (Fsp3) is 0.406. The smallest absolute Gasteiger partial charge is 0.306 e. The van der Waals surface area contributed by atoms with Crippen LogP contribution in [0.15, 0.2) is 47.4 Å². The second kappa shape index (κ2) is 12.2. The Bertz CT molecular complexity index is 1380. The zero-order valence-electron chi connectivity index (χ0n) is 23.4. The van der Waals surface area contributed by atoms with Crippen LogP contribution in [-0.2, 0) is 31.9 Å². The van der Waals surface area contributed by atoms with Gasteiger partial charge in [-0.05, 0) is 89.9 Å². The van der Waals surface area contributed by atoms with Crippen molar-refractivity contribution in [3.63, 3.8) is 0 Å². The highest BCUT2D eigenvalue weighted by molar-refractivity contribution is 7.91. The van der Waals surface area contributed by atoms with E-state index < -0.39 is 17.3 Å². The Morgan fingerprint density at radius 2 is 1.90 bits per heavy atom. The minimum absolute atomic E-state index is 0.0515. The molecule has 0 saturated carbocycles. The zero-order valence-corrected chi connectivity index (χ0v) is 24.2. The van der Waals surface area contributed by atoms with Crippen LogP contribution in [0.2, 0.25) is 0 Å². The average Bonchev–Trinajstić information content (AvgIpc) is 3.54. The molecule has 40 heavy (non-hydrogen) atoms. The number of aryl methyl sites for hydroxylation is 2. The van der Waals surface area contributed by atoms with Crippen LogP contribution in [0.3, 0.4) is 0 Å². The van der Waals surface area contributed by atoms with E-state index in [1.165, 1.54) is 13.2 Å². The maximum atomic E-state index is 15.3. The minimum atomic E-state index is -1.10. The van der Waals surface area contributed by atoms with E-state index >= 15 is 4.39 Å². The molecule has 1 unspecified atom stereocenters. The molecule has 0 bridgehead atoms. The molecular weight excluding hydrogens is 531 g/mol. The first-order chi connectivity index (χ1) is 19.3. The van der Waals surface area contributed by atoms with Crippen molar-refractivity contribution in [2.45, 2.75) is 56.4 Å². The number of fused-ring (bicyclic) bond motifs is 2. The zero-order chi connectivity index (χ0) is 28.4. The number of carbonyl (C=O) groups is 1. The first kappa shape index (κ1) is 28.5. The summed E-state index contributed by atoms with van der Waals surface area (Å²) in [4.78, 5) is 12.5. The van der Waals surface area contributed by atoms with Crippen LogP contribution in [0, 0.1) is 19.7 Å². The second-order valence-corrected chi connectivity index (χ2v) is 12.0. The fourth-order valence-electron chi connectivity index (χ4n) is 5.91. The first-order valence-electron chi connectivity index (χ1n) is 13.6. The molecule has 1 aliphatic carbocycles. The van der Waals surface area contributed by atoms with Crippen molar-refractivity contribution in [1.82, 2.24) is 0 Å². The van der Waals surface area contributed by atoms with Crippen LogP contribution in [0.5, 0.6) is 11.5 Å². The summed E-state index contributed by atoms with van der Waals surface area (Å²) in [5.74, 6) is 1.24. The van der Waals surface area contributed by atoms with Gasteiger partial charge in [-0.15, -0.1) is 0 Å². The van der Waals surface area contributed by atoms with E-state index in [1.807, 2.05) is 50.2 Å². The summed E-state index contributed by atoms with van der Waals surface area (Å²) in [6, 6.07) is 13.0. The van der Waals surface area contributed by atoms with Crippen molar-refractivity contribution in [2.75, 3.05) is 33.2 Å². The molecule has 0 N–H and O–H groups in total. The maximum absolute atomic E-state index is 15.3. The Kier molecular flexibility index (Phi) is 8.68. The predicted molar refractivity (Wildman–Crippen MR) is 152 cm³/mol. The molecular formula is C32H35FO6S. The number of hydrogen-bond acceptors (Lipinski definition) is 6. The molecule has 1 heterocycles. The Balaban J connectivity index is 1.39. The van der Waals surface area contributed by atoms with Crippen LogP contribution in [0.25, 0.3) is 11.1 Å². The first-order valence-corrected chi connectivity index (χ1v) is 14.9. The molecule has 0 radical (unpaired) electrons. The van der Waals surface area contributed by atoms with Crippen molar-refractivity contribution in [3.8, 4) is 22.6 Å². The van der Waals surface area contributed by atoms with Gasteiger partial charge in [-0.2, -0.15) is 0 Å². The van der Waals surface area contributed by atoms with E-state index in [9.17, 15) is 9.35 Å². The fourth-order valence-corrected chi connectivity index (χ4v) is 7.14. The number of halogens is 1. The van der Waals surface area contributed by atoms with Crippen molar-refractivity contribution in [3.05, 3.63) is 76.1 Å². The topological polar surface area (TPSA) is 77.0 Å². The predicted octanol–water partition coefficient (Wildman–Crippen LogP) is 6.36. The Hall–Kier alpha value is -3.07. The summed E-state index contributed by atoms with van der Waals surface area (Å²) in [5.41, 5.74) is 6.59. The summed E-state index contributed by atoms with van der Waals surface area (Å²) in [7, 11) is 3.03. The molecule has 0 saturated heterocycles. The van der Waals surface area contributed by atoms with Crippen LogP contribution in [0.1, 0.15) is 59.1 Å². The van der Waals surface area contributed by atoms with Gasteiger partial charge in [0.2, 0.25) is 0 Å². The number of hydrogen-bond donors (Lipinski definition) is 0. The molecule has 0 aromatic heterocycles. The largest absolute Gasteiger partial charge is 0.611 e. The van der Waals surface area contributed by atoms with E-state index in [0.717, 1.165) is 44.7 Å². The quantitative estimate of drug-likeness (QED) is 0.162. The number of methoxy groups -OCH3 is 2. The van der Waals surface area contributed by atoms with Gasteiger partial charge in [0.1, 0.15) is 29.2 Å². The third-order valence-corrected chi connectivity index (χ3v) is 9.20. The Morgan fingerprint density at radius 1 is 1.12 bits per heavy atom.